The summed E-state index contributed by atoms with van der Waals surface area (Å²) in [6.07, 6.45) is 0. The zero-order chi connectivity index (χ0) is 21.4. The first-order valence-electron chi connectivity index (χ1n) is 9.11. The number of hydrogen-bond donors (Lipinski definition) is 2. The van der Waals surface area contributed by atoms with E-state index in [1.807, 2.05) is 32.2 Å². The number of benzene rings is 2. The number of hydrogen-bond acceptors (Lipinski definition) is 6. The molecule has 0 radical (unpaired) electrons. The molecule has 0 aliphatic heterocycles. The third-order valence-corrected chi connectivity index (χ3v) is 4.17. The minimum atomic E-state index is -0.555. The fraction of sp³-hybridized carbons (Fsp3) is 0.350. The lowest BCUT2D eigenvalue weighted by Crippen LogP contribution is -3.08. The minimum Gasteiger partial charge on any atom is -0.496 e. The maximum Gasteiger partial charge on any atom is 0.296 e. The van der Waals surface area contributed by atoms with Gasteiger partial charge < -0.3 is 24.4 Å². The van der Waals surface area contributed by atoms with E-state index in [9.17, 15) is 14.9 Å². The molecule has 2 rings (SSSR count). The fourth-order valence-corrected chi connectivity index (χ4v) is 2.87. The molecule has 9 heteroatoms. The van der Waals surface area contributed by atoms with Crippen LogP contribution < -0.4 is 24.4 Å². The second kappa shape index (κ2) is 10.3. The number of amides is 1. The Morgan fingerprint density at radius 3 is 2.52 bits per heavy atom. The maximum absolute atomic E-state index is 12.4. The number of nitrogens with one attached hydrogen (secondary N) is 2. The molecule has 1 atom stereocenters. The van der Waals surface area contributed by atoms with Crippen LogP contribution in [0.25, 0.3) is 0 Å². The number of nitrogens with zero attached hydrogens (tertiary/aromatic N) is 1. The molecular weight excluding hydrogens is 378 g/mol. The summed E-state index contributed by atoms with van der Waals surface area (Å²) in [6, 6.07) is 9.93. The third kappa shape index (κ3) is 6.08. The lowest BCUT2D eigenvalue weighted by Gasteiger charge is -2.16. The van der Waals surface area contributed by atoms with Crippen LogP contribution in [0.2, 0.25) is 0 Å². The zero-order valence-corrected chi connectivity index (χ0v) is 17.0. The Labute approximate surface area is 169 Å². The van der Waals surface area contributed by atoms with E-state index in [4.69, 9.17) is 14.2 Å². The standard InChI is InChI=1S/C20H25N3O6/c1-5-29-18-9-6-14(10-19(18)28-4)12-22(2)13-20(24)21-16-8-7-15(27-3)11-17(16)23(25)26/h6-11H,5,12-13H2,1-4H3,(H,21,24)/p+1. The molecule has 0 aliphatic rings. The summed E-state index contributed by atoms with van der Waals surface area (Å²) in [7, 11) is 4.86. The molecule has 156 valence electrons. The molecule has 29 heavy (non-hydrogen) atoms. The van der Waals surface area contributed by atoms with Gasteiger partial charge in [0.25, 0.3) is 11.6 Å². The van der Waals surface area contributed by atoms with E-state index in [2.05, 4.69) is 5.32 Å². The molecule has 0 aromatic heterocycles. The lowest BCUT2D eigenvalue weighted by molar-refractivity contribution is -0.885. The van der Waals surface area contributed by atoms with Crippen LogP contribution in [-0.4, -0.2) is 45.2 Å². The van der Waals surface area contributed by atoms with Gasteiger partial charge in [0, 0.05) is 5.56 Å². The number of carbonyl (C=O) groups is 1. The summed E-state index contributed by atoms with van der Waals surface area (Å²) >= 11 is 0. The van der Waals surface area contributed by atoms with Gasteiger partial charge in [-0.25, -0.2) is 0 Å². The summed E-state index contributed by atoms with van der Waals surface area (Å²) in [4.78, 5) is 24.0. The van der Waals surface area contributed by atoms with E-state index in [-0.39, 0.29) is 23.8 Å². The molecule has 0 fully saturated rings. The summed E-state index contributed by atoms with van der Waals surface area (Å²) in [5.41, 5.74) is 0.897. The molecule has 0 aliphatic carbocycles. The van der Waals surface area contributed by atoms with Crippen LogP contribution in [0.1, 0.15) is 12.5 Å². The van der Waals surface area contributed by atoms with Crippen molar-refractivity contribution in [2.75, 3.05) is 39.7 Å². The average Bonchev–Trinajstić information content (AvgIpc) is 2.69. The van der Waals surface area contributed by atoms with Crippen molar-refractivity contribution < 1.29 is 28.8 Å². The largest absolute Gasteiger partial charge is 0.496 e. The highest BCUT2D eigenvalue weighted by molar-refractivity contribution is 5.93. The summed E-state index contributed by atoms with van der Waals surface area (Å²) in [5.74, 6) is 1.33. The number of likely N-dealkylation sites (N-methyl/N-ethyl adjacent to an activating group) is 1. The van der Waals surface area contributed by atoms with Gasteiger partial charge in [-0.1, -0.05) is 0 Å². The second-order valence-electron chi connectivity index (χ2n) is 6.42. The summed E-state index contributed by atoms with van der Waals surface area (Å²) in [5, 5.41) is 13.8. The molecule has 0 bridgehead atoms. The predicted molar refractivity (Wildman–Crippen MR) is 108 cm³/mol. The third-order valence-electron chi connectivity index (χ3n) is 4.17. The molecule has 2 aromatic carbocycles. The van der Waals surface area contributed by atoms with Crippen LogP contribution in [0, 0.1) is 10.1 Å². The number of rotatable bonds is 10. The second-order valence-corrected chi connectivity index (χ2v) is 6.42. The molecule has 2 aromatic rings. The van der Waals surface area contributed by atoms with Crippen molar-refractivity contribution in [2.45, 2.75) is 13.5 Å². The van der Waals surface area contributed by atoms with Gasteiger partial charge in [-0.05, 0) is 37.3 Å². The Balaban J connectivity index is 2.02. The van der Waals surface area contributed by atoms with Crippen LogP contribution >= 0.6 is 0 Å². The van der Waals surface area contributed by atoms with E-state index < -0.39 is 4.92 Å². The molecule has 1 unspecified atom stereocenters. The highest BCUT2D eigenvalue weighted by atomic mass is 16.6. The van der Waals surface area contributed by atoms with Gasteiger partial charge in [-0.2, -0.15) is 0 Å². The molecule has 0 saturated carbocycles. The van der Waals surface area contributed by atoms with Crippen molar-refractivity contribution in [2.24, 2.45) is 0 Å². The number of nitro benzene ring substituents is 1. The Bertz CT molecular complexity index is 871. The molecule has 0 saturated heterocycles. The van der Waals surface area contributed by atoms with Gasteiger partial charge in [-0.3, -0.25) is 14.9 Å². The Hall–Kier alpha value is -3.33. The van der Waals surface area contributed by atoms with E-state index in [0.717, 1.165) is 10.5 Å². The number of quaternary nitrogens is 1. The number of nitro groups is 1. The highest BCUT2D eigenvalue weighted by Crippen LogP contribution is 2.29. The van der Waals surface area contributed by atoms with Crippen molar-refractivity contribution in [1.29, 1.82) is 0 Å². The maximum atomic E-state index is 12.4. The SMILES string of the molecule is CCOc1ccc(C[NH+](C)CC(=O)Nc2ccc(OC)cc2[N+](=O)[O-])cc1OC. The van der Waals surface area contributed by atoms with Crippen molar-refractivity contribution in [3.63, 3.8) is 0 Å². The van der Waals surface area contributed by atoms with Crippen molar-refractivity contribution >= 4 is 17.3 Å². The van der Waals surface area contributed by atoms with E-state index in [1.54, 1.807) is 13.2 Å². The highest BCUT2D eigenvalue weighted by Gasteiger charge is 2.19. The zero-order valence-electron chi connectivity index (χ0n) is 17.0. The predicted octanol–water partition coefficient (Wildman–Crippen LogP) is 1.66. The molecule has 1 amide bonds. The van der Waals surface area contributed by atoms with E-state index in [1.165, 1.54) is 19.2 Å². The lowest BCUT2D eigenvalue weighted by atomic mass is 10.2. The fourth-order valence-electron chi connectivity index (χ4n) is 2.87. The Morgan fingerprint density at radius 1 is 1.14 bits per heavy atom. The van der Waals surface area contributed by atoms with Crippen molar-refractivity contribution in [1.82, 2.24) is 0 Å². The first-order chi connectivity index (χ1) is 13.9. The number of ether oxygens (including phenoxy) is 3. The van der Waals surface area contributed by atoms with Gasteiger partial charge in [-0.15, -0.1) is 0 Å². The summed E-state index contributed by atoms with van der Waals surface area (Å²) in [6.45, 7) is 3.15. The number of carbonyl (C=O) groups excluding carboxylic acids is 1. The first-order valence-corrected chi connectivity index (χ1v) is 9.11. The van der Waals surface area contributed by atoms with Crippen molar-refractivity contribution in [3.05, 3.63) is 52.1 Å². The van der Waals surface area contributed by atoms with E-state index in [0.29, 0.717) is 30.4 Å². The molecule has 0 heterocycles. The average molecular weight is 404 g/mol. The van der Waals surface area contributed by atoms with Crippen molar-refractivity contribution in [3.8, 4) is 17.2 Å². The topological polar surface area (TPSA) is 104 Å². The number of methoxy groups -OCH3 is 2. The molecular formula is C20H26N3O6+. The van der Waals surface area contributed by atoms with Gasteiger partial charge in [0.05, 0.1) is 38.9 Å². The monoisotopic (exact) mass is 404 g/mol. The first kappa shape index (κ1) is 22.0. The molecule has 2 N–H and O–H groups in total. The van der Waals surface area contributed by atoms with Crippen LogP contribution in [0.3, 0.4) is 0 Å². The van der Waals surface area contributed by atoms with Gasteiger partial charge in [0.2, 0.25) is 0 Å². The van der Waals surface area contributed by atoms with Crippen LogP contribution in [0.4, 0.5) is 11.4 Å². The van der Waals surface area contributed by atoms with Crippen LogP contribution in [0.15, 0.2) is 36.4 Å². The molecule has 9 nitrogen and oxygen atoms in total. The van der Waals surface area contributed by atoms with E-state index >= 15 is 0 Å². The van der Waals surface area contributed by atoms with Crippen LogP contribution in [-0.2, 0) is 11.3 Å². The minimum absolute atomic E-state index is 0.135. The normalized spacial score (nSPS) is 11.4. The Kier molecular flexibility index (Phi) is 7.79. The summed E-state index contributed by atoms with van der Waals surface area (Å²) < 4.78 is 15.9. The quantitative estimate of drug-likeness (QED) is 0.461. The number of anilines is 1. The van der Waals surface area contributed by atoms with Gasteiger partial charge >= 0.3 is 0 Å². The van der Waals surface area contributed by atoms with Crippen LogP contribution in [0.5, 0.6) is 17.2 Å². The Morgan fingerprint density at radius 2 is 1.90 bits per heavy atom. The van der Waals surface area contributed by atoms with Gasteiger partial charge in [0.1, 0.15) is 18.0 Å². The molecule has 0 spiro atoms. The smallest absolute Gasteiger partial charge is 0.296 e. The van der Waals surface area contributed by atoms with Gasteiger partial charge in [0.15, 0.2) is 18.0 Å².